The van der Waals surface area contributed by atoms with Gasteiger partial charge in [0.1, 0.15) is 12.4 Å². The highest BCUT2D eigenvalue weighted by molar-refractivity contribution is 6.30. The van der Waals surface area contributed by atoms with Crippen molar-refractivity contribution in [3.8, 4) is 5.75 Å². The van der Waals surface area contributed by atoms with E-state index in [2.05, 4.69) is 0 Å². The van der Waals surface area contributed by atoms with Crippen LogP contribution in [0.1, 0.15) is 5.56 Å². The fourth-order valence-corrected chi connectivity index (χ4v) is 1.29. The summed E-state index contributed by atoms with van der Waals surface area (Å²) in [5.74, 6) is -0.277. The lowest BCUT2D eigenvalue weighted by atomic mass is 10.2. The van der Waals surface area contributed by atoms with E-state index < -0.39 is 5.97 Å². The Labute approximate surface area is 92.9 Å². The smallest absolute Gasteiger partial charge is 0.328 e. The molecular formula is C11H11ClO3. The Morgan fingerprint density at radius 3 is 2.93 bits per heavy atom. The van der Waals surface area contributed by atoms with E-state index in [0.29, 0.717) is 10.8 Å². The van der Waals surface area contributed by atoms with Crippen LogP contribution in [0.3, 0.4) is 0 Å². The minimum atomic E-state index is -0.980. The predicted octanol–water partition coefficient (Wildman–Crippen LogP) is 2.67. The van der Waals surface area contributed by atoms with Gasteiger partial charge in [-0.1, -0.05) is 11.6 Å². The number of rotatable bonds is 4. The number of ether oxygens (including phenoxy) is 1. The van der Waals surface area contributed by atoms with E-state index in [0.717, 1.165) is 11.6 Å². The SMILES string of the molecule is Cc1cc(Cl)ccc1OCC=CC(=O)O. The highest BCUT2D eigenvalue weighted by atomic mass is 35.5. The number of benzene rings is 1. The number of aryl methyl sites for hydroxylation is 1. The van der Waals surface area contributed by atoms with Crippen LogP contribution in [0.15, 0.2) is 30.4 Å². The number of carboxylic acid groups (broad SMARTS) is 1. The highest BCUT2D eigenvalue weighted by Crippen LogP contribution is 2.21. The number of halogens is 1. The van der Waals surface area contributed by atoms with Gasteiger partial charge in [-0.05, 0) is 36.8 Å². The van der Waals surface area contributed by atoms with Crippen molar-refractivity contribution < 1.29 is 14.6 Å². The second-order valence-electron chi connectivity index (χ2n) is 2.96. The fourth-order valence-electron chi connectivity index (χ4n) is 1.06. The molecular weight excluding hydrogens is 216 g/mol. The molecule has 1 N–H and O–H groups in total. The van der Waals surface area contributed by atoms with Crippen LogP contribution < -0.4 is 4.74 Å². The molecule has 0 radical (unpaired) electrons. The molecule has 15 heavy (non-hydrogen) atoms. The zero-order valence-corrected chi connectivity index (χ0v) is 8.99. The summed E-state index contributed by atoms with van der Waals surface area (Å²) >= 11 is 5.77. The van der Waals surface area contributed by atoms with Crippen molar-refractivity contribution in [2.24, 2.45) is 0 Å². The van der Waals surface area contributed by atoms with E-state index in [1.165, 1.54) is 6.08 Å². The van der Waals surface area contributed by atoms with E-state index in [1.54, 1.807) is 18.2 Å². The third-order valence-corrected chi connectivity index (χ3v) is 1.97. The molecule has 0 atom stereocenters. The Hall–Kier alpha value is -1.48. The van der Waals surface area contributed by atoms with Crippen molar-refractivity contribution in [3.63, 3.8) is 0 Å². The summed E-state index contributed by atoms with van der Waals surface area (Å²) in [6, 6.07) is 5.27. The van der Waals surface area contributed by atoms with Crippen LogP contribution >= 0.6 is 11.6 Å². The Morgan fingerprint density at radius 2 is 2.33 bits per heavy atom. The monoisotopic (exact) mass is 226 g/mol. The highest BCUT2D eigenvalue weighted by Gasteiger charge is 1.98. The lowest BCUT2D eigenvalue weighted by molar-refractivity contribution is -0.131. The van der Waals surface area contributed by atoms with Gasteiger partial charge in [-0.3, -0.25) is 0 Å². The molecule has 1 aromatic carbocycles. The second-order valence-corrected chi connectivity index (χ2v) is 3.40. The summed E-state index contributed by atoms with van der Waals surface area (Å²) in [5.41, 5.74) is 0.922. The summed E-state index contributed by atoms with van der Waals surface area (Å²) in [5, 5.41) is 9.00. The number of carbonyl (C=O) groups is 1. The Morgan fingerprint density at radius 1 is 1.60 bits per heavy atom. The van der Waals surface area contributed by atoms with Gasteiger partial charge in [-0.25, -0.2) is 4.79 Å². The molecule has 0 bridgehead atoms. The second kappa shape index (κ2) is 5.41. The van der Waals surface area contributed by atoms with Gasteiger partial charge >= 0.3 is 5.97 Å². The molecule has 0 aromatic heterocycles. The summed E-state index contributed by atoms with van der Waals surface area (Å²) in [4.78, 5) is 10.2. The van der Waals surface area contributed by atoms with Gasteiger partial charge in [0, 0.05) is 11.1 Å². The van der Waals surface area contributed by atoms with Crippen molar-refractivity contribution in [2.75, 3.05) is 6.61 Å². The third kappa shape index (κ3) is 4.04. The summed E-state index contributed by atoms with van der Waals surface area (Å²) in [7, 11) is 0. The van der Waals surface area contributed by atoms with Crippen LogP contribution in [-0.2, 0) is 4.79 Å². The van der Waals surface area contributed by atoms with Crippen LogP contribution in [0.4, 0.5) is 0 Å². The maximum atomic E-state index is 10.2. The van der Waals surface area contributed by atoms with E-state index in [-0.39, 0.29) is 6.61 Å². The van der Waals surface area contributed by atoms with Gasteiger partial charge in [0.15, 0.2) is 0 Å². The maximum absolute atomic E-state index is 10.2. The quantitative estimate of drug-likeness (QED) is 0.803. The van der Waals surface area contributed by atoms with Crippen molar-refractivity contribution >= 4 is 17.6 Å². The zero-order chi connectivity index (χ0) is 11.3. The molecule has 0 amide bonds. The van der Waals surface area contributed by atoms with E-state index in [4.69, 9.17) is 21.4 Å². The molecule has 0 aliphatic rings. The zero-order valence-electron chi connectivity index (χ0n) is 8.24. The van der Waals surface area contributed by atoms with Crippen molar-refractivity contribution in [3.05, 3.63) is 40.9 Å². The van der Waals surface area contributed by atoms with Crippen LogP contribution in [0.5, 0.6) is 5.75 Å². The molecule has 1 aromatic rings. The molecule has 0 saturated heterocycles. The van der Waals surface area contributed by atoms with Gasteiger partial charge in [-0.2, -0.15) is 0 Å². The van der Waals surface area contributed by atoms with Crippen molar-refractivity contribution in [1.82, 2.24) is 0 Å². The molecule has 0 heterocycles. The average molecular weight is 227 g/mol. The Balaban J connectivity index is 2.54. The van der Waals surface area contributed by atoms with E-state index >= 15 is 0 Å². The first-order valence-electron chi connectivity index (χ1n) is 4.38. The van der Waals surface area contributed by atoms with Gasteiger partial charge < -0.3 is 9.84 Å². The largest absolute Gasteiger partial charge is 0.489 e. The van der Waals surface area contributed by atoms with Crippen LogP contribution in [0, 0.1) is 6.92 Å². The van der Waals surface area contributed by atoms with E-state index in [9.17, 15) is 4.79 Å². The molecule has 0 fully saturated rings. The minimum absolute atomic E-state index is 0.231. The van der Waals surface area contributed by atoms with Gasteiger partial charge in [0.2, 0.25) is 0 Å². The molecule has 0 aliphatic heterocycles. The number of aliphatic carboxylic acids is 1. The topological polar surface area (TPSA) is 46.5 Å². The average Bonchev–Trinajstić information content (AvgIpc) is 2.14. The first-order valence-corrected chi connectivity index (χ1v) is 4.76. The summed E-state index contributed by atoms with van der Waals surface area (Å²) in [6.07, 6.45) is 2.49. The molecule has 1 rings (SSSR count). The lowest BCUT2D eigenvalue weighted by Crippen LogP contribution is -1.97. The van der Waals surface area contributed by atoms with Gasteiger partial charge in [0.25, 0.3) is 0 Å². The lowest BCUT2D eigenvalue weighted by Gasteiger charge is -2.06. The first kappa shape index (κ1) is 11.6. The molecule has 0 spiro atoms. The standard InChI is InChI=1S/C11H11ClO3/c1-8-7-9(12)4-5-10(8)15-6-2-3-11(13)14/h2-5,7H,6H2,1H3,(H,13,14). The molecule has 0 unspecified atom stereocenters. The third-order valence-electron chi connectivity index (χ3n) is 1.73. The molecule has 4 heteroatoms. The Kier molecular flexibility index (Phi) is 4.18. The predicted molar refractivity (Wildman–Crippen MR) is 58.5 cm³/mol. The number of hydrogen-bond donors (Lipinski definition) is 1. The number of carboxylic acids is 1. The van der Waals surface area contributed by atoms with E-state index in [1.807, 2.05) is 6.92 Å². The minimum Gasteiger partial charge on any atom is -0.489 e. The summed E-state index contributed by atoms with van der Waals surface area (Å²) < 4.78 is 5.33. The summed E-state index contributed by atoms with van der Waals surface area (Å²) in [6.45, 7) is 2.11. The Bertz CT molecular complexity index is 385. The molecule has 80 valence electrons. The molecule has 0 saturated carbocycles. The molecule has 0 aliphatic carbocycles. The fraction of sp³-hybridized carbons (Fsp3) is 0.182. The first-order chi connectivity index (χ1) is 7.09. The van der Waals surface area contributed by atoms with Gasteiger partial charge in [-0.15, -0.1) is 0 Å². The van der Waals surface area contributed by atoms with Crippen molar-refractivity contribution in [2.45, 2.75) is 6.92 Å². The normalized spacial score (nSPS) is 10.5. The van der Waals surface area contributed by atoms with Crippen LogP contribution in [0.2, 0.25) is 5.02 Å². The number of hydrogen-bond acceptors (Lipinski definition) is 2. The van der Waals surface area contributed by atoms with Crippen LogP contribution in [0.25, 0.3) is 0 Å². The molecule has 3 nitrogen and oxygen atoms in total. The maximum Gasteiger partial charge on any atom is 0.328 e. The van der Waals surface area contributed by atoms with Gasteiger partial charge in [0.05, 0.1) is 0 Å². The van der Waals surface area contributed by atoms with Crippen molar-refractivity contribution in [1.29, 1.82) is 0 Å². The van der Waals surface area contributed by atoms with Crippen LogP contribution in [-0.4, -0.2) is 17.7 Å².